The van der Waals surface area contributed by atoms with E-state index in [1.165, 1.54) is 0 Å². The lowest BCUT2D eigenvalue weighted by Gasteiger charge is -2.20. The summed E-state index contributed by atoms with van der Waals surface area (Å²) in [6, 6.07) is 0. The summed E-state index contributed by atoms with van der Waals surface area (Å²) in [5.74, 6) is 0.727. The molecule has 1 aromatic rings. The van der Waals surface area contributed by atoms with E-state index < -0.39 is 5.60 Å². The van der Waals surface area contributed by atoms with Crippen LogP contribution in [0.25, 0.3) is 0 Å². The number of aliphatic imine (C=N–C) groups is 1. The van der Waals surface area contributed by atoms with Gasteiger partial charge in [-0.3, -0.25) is 4.68 Å². The molecule has 7 heteroatoms. The van der Waals surface area contributed by atoms with Crippen molar-refractivity contribution in [1.29, 1.82) is 0 Å². The van der Waals surface area contributed by atoms with Crippen LogP contribution in [-0.4, -0.2) is 66.0 Å². The molecule has 0 amide bonds. The van der Waals surface area contributed by atoms with Crippen LogP contribution < -0.4 is 10.6 Å². The summed E-state index contributed by atoms with van der Waals surface area (Å²) in [6.07, 6.45) is 4.52. The second-order valence-corrected chi connectivity index (χ2v) is 5.96. The monoisotopic (exact) mass is 310 g/mol. The van der Waals surface area contributed by atoms with Gasteiger partial charge in [0, 0.05) is 31.9 Å². The van der Waals surface area contributed by atoms with Crippen LogP contribution in [0.5, 0.6) is 0 Å². The lowest BCUT2D eigenvalue weighted by atomic mass is 10.0. The van der Waals surface area contributed by atoms with Crippen molar-refractivity contribution in [2.24, 2.45) is 12.0 Å². The summed E-state index contributed by atoms with van der Waals surface area (Å²) in [4.78, 5) is 6.63. The molecule has 1 atom stereocenters. The van der Waals surface area contributed by atoms with Gasteiger partial charge in [-0.2, -0.15) is 5.10 Å². The second kappa shape index (κ2) is 8.75. The van der Waals surface area contributed by atoms with E-state index in [2.05, 4.69) is 39.7 Å². The van der Waals surface area contributed by atoms with E-state index in [1.54, 1.807) is 17.8 Å². The predicted molar refractivity (Wildman–Crippen MR) is 89.9 cm³/mol. The first-order valence-electron chi connectivity index (χ1n) is 7.73. The Balaban J connectivity index is 2.56. The number of nitrogens with zero attached hydrogens (tertiary/aromatic N) is 4. The standard InChI is InChI=1S/C15H30N6O/c1-6-16-14(17-8-7-9-20(3)4)18-12-15(2,22)13-10-19-21(5)11-13/h10-11,22H,6-9,12H2,1-5H3,(H2,16,17,18). The quantitative estimate of drug-likeness (QED) is 0.361. The Hall–Kier alpha value is -1.60. The minimum atomic E-state index is -1.03. The van der Waals surface area contributed by atoms with Gasteiger partial charge in [-0.25, -0.2) is 4.99 Å². The normalized spacial score (nSPS) is 15.0. The van der Waals surface area contributed by atoms with Crippen molar-refractivity contribution in [1.82, 2.24) is 25.3 Å². The molecule has 0 aromatic carbocycles. The molecule has 3 N–H and O–H groups in total. The number of aliphatic hydroxyl groups is 1. The molecule has 126 valence electrons. The Labute approximate surface area is 133 Å². The Morgan fingerprint density at radius 1 is 1.45 bits per heavy atom. The fourth-order valence-electron chi connectivity index (χ4n) is 1.97. The number of hydrogen-bond donors (Lipinski definition) is 3. The van der Waals surface area contributed by atoms with Crippen LogP contribution in [0, 0.1) is 0 Å². The summed E-state index contributed by atoms with van der Waals surface area (Å²) in [5.41, 5.74) is -0.262. The van der Waals surface area contributed by atoms with Crippen LogP contribution in [0.4, 0.5) is 0 Å². The van der Waals surface area contributed by atoms with Crippen LogP contribution in [-0.2, 0) is 12.6 Å². The minimum Gasteiger partial charge on any atom is -0.383 e. The fourth-order valence-corrected chi connectivity index (χ4v) is 1.97. The molecular weight excluding hydrogens is 280 g/mol. The molecule has 1 rings (SSSR count). The van der Waals surface area contributed by atoms with Crippen molar-refractivity contribution in [2.75, 3.05) is 40.3 Å². The summed E-state index contributed by atoms with van der Waals surface area (Å²) < 4.78 is 1.68. The third-order valence-corrected chi connectivity index (χ3v) is 3.29. The zero-order valence-corrected chi connectivity index (χ0v) is 14.4. The third-order valence-electron chi connectivity index (χ3n) is 3.29. The van der Waals surface area contributed by atoms with E-state index in [-0.39, 0.29) is 6.54 Å². The highest BCUT2D eigenvalue weighted by atomic mass is 16.3. The third kappa shape index (κ3) is 6.44. The largest absolute Gasteiger partial charge is 0.383 e. The lowest BCUT2D eigenvalue weighted by Crippen LogP contribution is -2.39. The molecular formula is C15H30N6O. The fraction of sp³-hybridized carbons (Fsp3) is 0.733. The lowest BCUT2D eigenvalue weighted by molar-refractivity contribution is 0.0672. The predicted octanol–water partition coefficient (Wildman–Crippen LogP) is 0.134. The Morgan fingerprint density at radius 3 is 2.73 bits per heavy atom. The van der Waals surface area contributed by atoms with Crippen LogP contribution in [0.15, 0.2) is 17.4 Å². The SMILES string of the molecule is CCNC(=NCC(C)(O)c1cnn(C)c1)NCCCN(C)C. The molecule has 22 heavy (non-hydrogen) atoms. The number of hydrogen-bond acceptors (Lipinski definition) is 4. The molecule has 1 aromatic heterocycles. The smallest absolute Gasteiger partial charge is 0.191 e. The molecule has 0 aliphatic carbocycles. The molecule has 0 spiro atoms. The average Bonchev–Trinajstić information content (AvgIpc) is 2.88. The molecule has 0 saturated heterocycles. The number of aromatic nitrogens is 2. The van der Waals surface area contributed by atoms with Gasteiger partial charge in [-0.15, -0.1) is 0 Å². The number of rotatable bonds is 8. The molecule has 0 aliphatic heterocycles. The van der Waals surface area contributed by atoms with Crippen LogP contribution in [0.1, 0.15) is 25.8 Å². The van der Waals surface area contributed by atoms with Gasteiger partial charge in [0.25, 0.3) is 0 Å². The van der Waals surface area contributed by atoms with E-state index in [9.17, 15) is 5.11 Å². The summed E-state index contributed by atoms with van der Waals surface area (Å²) in [5, 5.41) is 21.1. The van der Waals surface area contributed by atoms with Crippen LogP contribution in [0.2, 0.25) is 0 Å². The van der Waals surface area contributed by atoms with Gasteiger partial charge >= 0.3 is 0 Å². The highest BCUT2D eigenvalue weighted by Gasteiger charge is 2.24. The molecule has 1 unspecified atom stereocenters. The van der Waals surface area contributed by atoms with E-state index in [0.717, 1.165) is 37.6 Å². The average molecular weight is 310 g/mol. The van der Waals surface area contributed by atoms with Gasteiger partial charge in [-0.1, -0.05) is 0 Å². The van der Waals surface area contributed by atoms with E-state index in [1.807, 2.05) is 20.2 Å². The molecule has 0 fully saturated rings. The van der Waals surface area contributed by atoms with Crippen molar-refractivity contribution in [3.63, 3.8) is 0 Å². The highest BCUT2D eigenvalue weighted by Crippen LogP contribution is 2.19. The Morgan fingerprint density at radius 2 is 2.18 bits per heavy atom. The van der Waals surface area contributed by atoms with Crippen LogP contribution >= 0.6 is 0 Å². The summed E-state index contributed by atoms with van der Waals surface area (Å²) >= 11 is 0. The van der Waals surface area contributed by atoms with Crippen LogP contribution in [0.3, 0.4) is 0 Å². The molecule has 0 saturated carbocycles. The zero-order valence-electron chi connectivity index (χ0n) is 14.4. The van der Waals surface area contributed by atoms with Gasteiger partial charge in [-0.05, 0) is 40.9 Å². The topological polar surface area (TPSA) is 77.7 Å². The summed E-state index contributed by atoms with van der Waals surface area (Å²) in [6.45, 7) is 6.72. The Bertz CT molecular complexity index is 466. The first kappa shape index (κ1) is 18.4. The molecule has 7 nitrogen and oxygen atoms in total. The maximum Gasteiger partial charge on any atom is 0.191 e. The van der Waals surface area contributed by atoms with E-state index in [4.69, 9.17) is 0 Å². The highest BCUT2D eigenvalue weighted by molar-refractivity contribution is 5.79. The zero-order chi connectivity index (χ0) is 16.6. The molecule has 0 bridgehead atoms. The number of aryl methyl sites for hydroxylation is 1. The van der Waals surface area contributed by atoms with Crippen molar-refractivity contribution in [3.8, 4) is 0 Å². The molecule has 0 aliphatic rings. The van der Waals surface area contributed by atoms with Crippen molar-refractivity contribution >= 4 is 5.96 Å². The second-order valence-electron chi connectivity index (χ2n) is 5.96. The van der Waals surface area contributed by atoms with Gasteiger partial charge < -0.3 is 20.6 Å². The van der Waals surface area contributed by atoms with Gasteiger partial charge in [0.15, 0.2) is 5.96 Å². The van der Waals surface area contributed by atoms with E-state index >= 15 is 0 Å². The summed E-state index contributed by atoms with van der Waals surface area (Å²) in [7, 11) is 5.95. The van der Waals surface area contributed by atoms with Gasteiger partial charge in [0.2, 0.25) is 0 Å². The first-order valence-corrected chi connectivity index (χ1v) is 7.73. The molecule has 0 radical (unpaired) electrons. The number of nitrogens with one attached hydrogen (secondary N) is 2. The van der Waals surface area contributed by atoms with Gasteiger partial charge in [0.05, 0.1) is 12.7 Å². The van der Waals surface area contributed by atoms with Crippen molar-refractivity contribution in [2.45, 2.75) is 25.9 Å². The van der Waals surface area contributed by atoms with Crippen molar-refractivity contribution < 1.29 is 5.11 Å². The first-order chi connectivity index (χ1) is 10.3. The molecule has 1 heterocycles. The van der Waals surface area contributed by atoms with Crippen molar-refractivity contribution in [3.05, 3.63) is 18.0 Å². The maximum absolute atomic E-state index is 10.5. The van der Waals surface area contributed by atoms with E-state index in [0.29, 0.717) is 0 Å². The number of guanidine groups is 1. The van der Waals surface area contributed by atoms with Gasteiger partial charge in [0.1, 0.15) is 5.60 Å². The Kier molecular flexibility index (Phi) is 7.34. The maximum atomic E-state index is 10.5. The minimum absolute atomic E-state index is 0.279.